The van der Waals surface area contributed by atoms with E-state index in [2.05, 4.69) is 4.98 Å². The van der Waals surface area contributed by atoms with Crippen LogP contribution < -0.4 is 4.90 Å². The van der Waals surface area contributed by atoms with Crippen molar-refractivity contribution in [1.82, 2.24) is 4.98 Å². The molecule has 0 spiro atoms. The first-order valence-corrected chi connectivity index (χ1v) is 14.3. The van der Waals surface area contributed by atoms with E-state index < -0.39 is 4.92 Å². The summed E-state index contributed by atoms with van der Waals surface area (Å²) in [5.41, 5.74) is 3.36. The smallest absolute Gasteiger partial charge is 0.268 e. The fourth-order valence-corrected chi connectivity index (χ4v) is 5.99. The minimum Gasteiger partial charge on any atom is -0.268 e. The van der Waals surface area contributed by atoms with Crippen LogP contribution in [0.5, 0.6) is 0 Å². The number of nitro benzene ring substituents is 1. The Morgan fingerprint density at radius 2 is 1.75 bits per heavy atom. The summed E-state index contributed by atoms with van der Waals surface area (Å²) in [5, 5.41) is 14.0. The highest BCUT2D eigenvalue weighted by Crippen LogP contribution is 2.40. The number of carbonyl (C=O) groups excluding carboxylic acids is 1. The van der Waals surface area contributed by atoms with Gasteiger partial charge in [-0.05, 0) is 90.8 Å². The molecular weight excluding hydrogens is 587 g/mol. The third-order valence-corrected chi connectivity index (χ3v) is 8.73. The summed E-state index contributed by atoms with van der Waals surface area (Å²) in [6.07, 6.45) is 3.26. The lowest BCUT2D eigenvalue weighted by Crippen LogP contribution is -2.28. The third kappa shape index (κ3) is 6.08. The van der Waals surface area contributed by atoms with Crippen molar-refractivity contribution < 1.29 is 9.72 Å². The molecule has 0 aliphatic carbocycles. The fourth-order valence-electron chi connectivity index (χ4n) is 3.78. The lowest BCUT2D eigenvalue weighted by Gasteiger charge is -2.16. The van der Waals surface area contributed by atoms with Gasteiger partial charge >= 0.3 is 0 Å². The zero-order valence-corrected chi connectivity index (χ0v) is 24.3. The Hall–Kier alpha value is -3.63. The van der Waals surface area contributed by atoms with Crippen molar-refractivity contribution in [1.29, 1.82) is 0 Å². The Kier molecular flexibility index (Phi) is 8.27. The first kappa shape index (κ1) is 27.9. The largest absolute Gasteiger partial charge is 0.283 e. The van der Waals surface area contributed by atoms with Crippen LogP contribution in [0.25, 0.3) is 6.08 Å². The second-order valence-corrected chi connectivity index (χ2v) is 11.7. The van der Waals surface area contributed by atoms with Crippen LogP contribution in [0.4, 0.5) is 17.1 Å². The highest BCUT2D eigenvalue weighted by atomic mass is 35.5. The number of amidine groups is 1. The quantitative estimate of drug-likeness (QED) is 0.124. The van der Waals surface area contributed by atoms with E-state index in [4.69, 9.17) is 28.2 Å². The van der Waals surface area contributed by atoms with Gasteiger partial charge in [-0.2, -0.15) is 0 Å². The summed E-state index contributed by atoms with van der Waals surface area (Å²) in [6, 6.07) is 21.0. The van der Waals surface area contributed by atoms with E-state index in [1.165, 1.54) is 34.5 Å². The van der Waals surface area contributed by atoms with E-state index in [0.717, 1.165) is 11.1 Å². The SMILES string of the molecule is Cc1ccc(N=C2S/C(=C\c3ccc(Sc4ccccn4)c([N+](=O)[O-])c3)C(=O)N2c2ccc(C)c(Cl)c2)cc1Cl. The Balaban J connectivity index is 1.54. The molecule has 11 heteroatoms. The molecule has 1 fully saturated rings. The number of aliphatic imine (C=N–C) groups is 1. The zero-order chi connectivity index (χ0) is 28.4. The minimum atomic E-state index is -0.439. The van der Waals surface area contributed by atoms with Crippen LogP contribution in [-0.4, -0.2) is 21.0 Å². The van der Waals surface area contributed by atoms with E-state index in [-0.39, 0.29) is 11.6 Å². The second-order valence-electron chi connectivity index (χ2n) is 8.77. The average Bonchev–Trinajstić information content (AvgIpc) is 3.23. The molecule has 200 valence electrons. The number of hydrogen-bond donors (Lipinski definition) is 0. The molecule has 1 amide bonds. The first-order valence-electron chi connectivity index (χ1n) is 11.9. The van der Waals surface area contributed by atoms with Crippen LogP contribution in [0.3, 0.4) is 0 Å². The molecule has 4 aromatic rings. The molecule has 0 atom stereocenters. The average molecular weight is 608 g/mol. The van der Waals surface area contributed by atoms with Crippen molar-refractivity contribution in [2.75, 3.05) is 4.90 Å². The van der Waals surface area contributed by atoms with E-state index in [1.54, 1.807) is 54.7 Å². The van der Waals surface area contributed by atoms with Crippen molar-refractivity contribution in [3.8, 4) is 0 Å². The number of amides is 1. The van der Waals surface area contributed by atoms with E-state index in [1.807, 2.05) is 38.1 Å². The number of hydrogen-bond acceptors (Lipinski definition) is 7. The number of thioether (sulfide) groups is 1. The molecule has 0 bridgehead atoms. The lowest BCUT2D eigenvalue weighted by atomic mass is 10.1. The van der Waals surface area contributed by atoms with E-state index >= 15 is 0 Å². The molecule has 5 rings (SSSR count). The molecular formula is C29H20Cl2N4O3S2. The van der Waals surface area contributed by atoms with Crippen LogP contribution in [0, 0.1) is 24.0 Å². The van der Waals surface area contributed by atoms with Gasteiger partial charge in [0.2, 0.25) is 0 Å². The highest BCUT2D eigenvalue weighted by molar-refractivity contribution is 8.19. The highest BCUT2D eigenvalue weighted by Gasteiger charge is 2.35. The van der Waals surface area contributed by atoms with Gasteiger partial charge in [0.15, 0.2) is 5.17 Å². The lowest BCUT2D eigenvalue weighted by molar-refractivity contribution is -0.387. The van der Waals surface area contributed by atoms with Crippen molar-refractivity contribution in [3.05, 3.63) is 121 Å². The number of carbonyl (C=O) groups is 1. The molecule has 3 aromatic carbocycles. The summed E-state index contributed by atoms with van der Waals surface area (Å²) >= 11 is 15.1. The van der Waals surface area contributed by atoms with Gasteiger partial charge in [-0.1, -0.05) is 59.2 Å². The van der Waals surface area contributed by atoms with Crippen molar-refractivity contribution in [3.63, 3.8) is 0 Å². The number of rotatable bonds is 6. The zero-order valence-electron chi connectivity index (χ0n) is 21.2. The minimum absolute atomic E-state index is 0.0780. The summed E-state index contributed by atoms with van der Waals surface area (Å²) in [5.74, 6) is -0.323. The number of nitrogens with zero attached hydrogens (tertiary/aromatic N) is 4. The number of benzene rings is 3. The summed E-state index contributed by atoms with van der Waals surface area (Å²) in [7, 11) is 0. The first-order chi connectivity index (χ1) is 19.2. The van der Waals surface area contributed by atoms with Crippen molar-refractivity contribution in [2.45, 2.75) is 23.8 Å². The Morgan fingerprint density at radius 3 is 2.42 bits per heavy atom. The Morgan fingerprint density at radius 1 is 1.00 bits per heavy atom. The van der Waals surface area contributed by atoms with E-state index in [9.17, 15) is 14.9 Å². The summed E-state index contributed by atoms with van der Waals surface area (Å²) in [6.45, 7) is 3.78. The van der Waals surface area contributed by atoms with Crippen LogP contribution in [0.2, 0.25) is 10.0 Å². The summed E-state index contributed by atoms with van der Waals surface area (Å²) in [4.78, 5) is 36.4. The molecule has 0 unspecified atom stereocenters. The summed E-state index contributed by atoms with van der Waals surface area (Å²) < 4.78 is 0. The predicted molar refractivity (Wildman–Crippen MR) is 164 cm³/mol. The molecule has 1 saturated heterocycles. The normalized spacial score (nSPS) is 15.3. The number of nitro groups is 1. The maximum atomic E-state index is 13.7. The van der Waals surface area contributed by atoms with Gasteiger partial charge in [-0.25, -0.2) is 9.98 Å². The van der Waals surface area contributed by atoms with Gasteiger partial charge in [0.05, 0.1) is 26.1 Å². The number of halogens is 2. The number of aromatic nitrogens is 1. The van der Waals surface area contributed by atoms with Gasteiger partial charge in [0, 0.05) is 22.3 Å². The van der Waals surface area contributed by atoms with Crippen molar-refractivity contribution in [2.24, 2.45) is 4.99 Å². The maximum Gasteiger partial charge on any atom is 0.283 e. The van der Waals surface area contributed by atoms with E-state index in [0.29, 0.717) is 47.0 Å². The van der Waals surface area contributed by atoms with Gasteiger partial charge in [-0.3, -0.25) is 19.8 Å². The third-order valence-electron chi connectivity index (χ3n) is 5.93. The maximum absolute atomic E-state index is 13.7. The van der Waals surface area contributed by atoms with Crippen LogP contribution in [-0.2, 0) is 4.79 Å². The predicted octanol–water partition coefficient (Wildman–Crippen LogP) is 8.87. The number of pyridine rings is 1. The van der Waals surface area contributed by atoms with Gasteiger partial charge in [0.25, 0.3) is 11.6 Å². The second kappa shape index (κ2) is 11.9. The molecule has 1 aliphatic rings. The van der Waals surface area contributed by atoms with Gasteiger partial charge in [0.1, 0.15) is 5.03 Å². The molecule has 7 nitrogen and oxygen atoms in total. The Labute approximate surface area is 249 Å². The molecule has 1 aliphatic heterocycles. The number of aryl methyl sites for hydroxylation is 2. The molecule has 0 radical (unpaired) electrons. The Bertz CT molecular complexity index is 1710. The topological polar surface area (TPSA) is 88.7 Å². The monoisotopic (exact) mass is 606 g/mol. The standard InChI is InChI=1S/C29H20Cl2N4O3S2/c1-17-6-9-20(15-22(17)30)33-29-34(21-10-7-18(2)23(31)16-21)28(36)26(40-29)14-19-8-11-25(24(13-19)35(37)38)39-27-5-3-4-12-32-27/h3-16H,1-2H3/b26-14-,33-29?. The molecule has 0 N–H and O–H groups in total. The molecule has 2 heterocycles. The fraction of sp³-hybridized carbons (Fsp3) is 0.0690. The van der Waals surface area contributed by atoms with Crippen molar-refractivity contribution >= 4 is 80.9 Å². The number of anilines is 1. The molecule has 0 saturated carbocycles. The van der Waals surface area contributed by atoms with Crippen LogP contribution in [0.1, 0.15) is 16.7 Å². The van der Waals surface area contributed by atoms with Crippen LogP contribution in [0.15, 0.2) is 98.8 Å². The molecule has 1 aromatic heterocycles. The van der Waals surface area contributed by atoms with Gasteiger partial charge < -0.3 is 0 Å². The molecule has 40 heavy (non-hydrogen) atoms. The van der Waals surface area contributed by atoms with Gasteiger partial charge in [-0.15, -0.1) is 0 Å². The van der Waals surface area contributed by atoms with Crippen LogP contribution >= 0.6 is 46.7 Å².